The highest BCUT2D eigenvalue weighted by Crippen LogP contribution is 2.13. The van der Waals surface area contributed by atoms with Crippen LogP contribution >= 0.6 is 0 Å². The van der Waals surface area contributed by atoms with Crippen LogP contribution in [0.5, 0.6) is 5.75 Å². The van der Waals surface area contributed by atoms with Gasteiger partial charge in [0.1, 0.15) is 5.75 Å². The standard InChI is InChI=1S/C18H19NO3/c1-13-3-9-17(10-4-13)22-12-11-18(21)19-16-7-5-15(6-8-16)14(2)20/h3-10H,11-12H2,1-2H3,(H,19,21). The highest BCUT2D eigenvalue weighted by Gasteiger charge is 2.04. The highest BCUT2D eigenvalue weighted by atomic mass is 16.5. The lowest BCUT2D eigenvalue weighted by Crippen LogP contribution is -2.15. The molecule has 0 saturated carbocycles. The lowest BCUT2D eigenvalue weighted by atomic mass is 10.1. The number of carbonyl (C=O) groups is 2. The number of Topliss-reactive ketones (excluding diaryl/α,β-unsaturated/α-hetero) is 1. The van der Waals surface area contributed by atoms with Crippen LogP contribution in [0.1, 0.15) is 29.3 Å². The number of carbonyl (C=O) groups excluding carboxylic acids is 2. The summed E-state index contributed by atoms with van der Waals surface area (Å²) in [5.74, 6) is 0.635. The molecular weight excluding hydrogens is 278 g/mol. The Bertz CT molecular complexity index is 645. The Hall–Kier alpha value is -2.62. The molecular formula is C18H19NO3. The van der Waals surface area contributed by atoms with Gasteiger partial charge in [0.15, 0.2) is 5.78 Å². The van der Waals surface area contributed by atoms with E-state index in [4.69, 9.17) is 4.74 Å². The molecule has 2 rings (SSSR count). The molecule has 114 valence electrons. The molecule has 0 aliphatic rings. The average molecular weight is 297 g/mol. The molecule has 0 atom stereocenters. The SMILES string of the molecule is CC(=O)c1ccc(NC(=O)CCOc2ccc(C)cc2)cc1. The van der Waals surface area contributed by atoms with Gasteiger partial charge in [-0.3, -0.25) is 9.59 Å². The molecule has 1 amide bonds. The monoisotopic (exact) mass is 297 g/mol. The van der Waals surface area contributed by atoms with Gasteiger partial charge >= 0.3 is 0 Å². The minimum Gasteiger partial charge on any atom is -0.493 e. The van der Waals surface area contributed by atoms with E-state index in [0.29, 0.717) is 17.9 Å². The molecule has 2 aromatic rings. The lowest BCUT2D eigenvalue weighted by Gasteiger charge is -2.08. The number of rotatable bonds is 6. The molecule has 22 heavy (non-hydrogen) atoms. The third-order valence-corrected chi connectivity index (χ3v) is 3.19. The maximum atomic E-state index is 11.8. The Labute approximate surface area is 130 Å². The molecule has 1 N–H and O–H groups in total. The molecule has 0 bridgehead atoms. The lowest BCUT2D eigenvalue weighted by molar-refractivity contribution is -0.116. The molecule has 0 unspecified atom stereocenters. The van der Waals surface area contributed by atoms with Gasteiger partial charge in [-0.1, -0.05) is 17.7 Å². The number of hydrogen-bond donors (Lipinski definition) is 1. The summed E-state index contributed by atoms with van der Waals surface area (Å²) in [6, 6.07) is 14.5. The van der Waals surface area contributed by atoms with E-state index in [-0.39, 0.29) is 18.1 Å². The molecule has 0 heterocycles. The fourth-order valence-electron chi connectivity index (χ4n) is 1.91. The first kappa shape index (κ1) is 15.8. The van der Waals surface area contributed by atoms with Crippen LogP contribution in [0.15, 0.2) is 48.5 Å². The third-order valence-electron chi connectivity index (χ3n) is 3.19. The van der Waals surface area contributed by atoms with Crippen molar-refractivity contribution in [2.24, 2.45) is 0 Å². The van der Waals surface area contributed by atoms with Crippen molar-refractivity contribution in [2.45, 2.75) is 20.3 Å². The Balaban J connectivity index is 1.77. The minimum absolute atomic E-state index is 0.00405. The van der Waals surface area contributed by atoms with E-state index >= 15 is 0 Å². The van der Waals surface area contributed by atoms with Crippen LogP contribution in [0.4, 0.5) is 5.69 Å². The second-order valence-corrected chi connectivity index (χ2v) is 5.09. The van der Waals surface area contributed by atoms with Crippen LogP contribution in [-0.2, 0) is 4.79 Å². The van der Waals surface area contributed by atoms with Gasteiger partial charge in [0.05, 0.1) is 13.0 Å². The van der Waals surface area contributed by atoms with E-state index < -0.39 is 0 Å². The highest BCUT2D eigenvalue weighted by molar-refractivity contribution is 5.95. The number of benzene rings is 2. The van der Waals surface area contributed by atoms with Gasteiger partial charge in [0.2, 0.25) is 5.91 Å². The summed E-state index contributed by atoms with van der Waals surface area (Å²) in [6.07, 6.45) is 0.266. The second-order valence-electron chi connectivity index (χ2n) is 5.09. The summed E-state index contributed by atoms with van der Waals surface area (Å²) < 4.78 is 5.51. The summed E-state index contributed by atoms with van der Waals surface area (Å²) in [6.45, 7) is 3.84. The quantitative estimate of drug-likeness (QED) is 0.829. The second kappa shape index (κ2) is 7.41. The van der Waals surface area contributed by atoms with Crippen molar-refractivity contribution in [3.63, 3.8) is 0 Å². The van der Waals surface area contributed by atoms with Crippen LogP contribution in [0, 0.1) is 6.92 Å². The van der Waals surface area contributed by atoms with Gasteiger partial charge in [-0.05, 0) is 50.2 Å². The fourth-order valence-corrected chi connectivity index (χ4v) is 1.91. The number of ketones is 1. The number of anilines is 1. The Morgan fingerprint density at radius 2 is 1.64 bits per heavy atom. The molecule has 0 fully saturated rings. The summed E-state index contributed by atoms with van der Waals surface area (Å²) >= 11 is 0. The Morgan fingerprint density at radius 3 is 2.23 bits per heavy atom. The first-order chi connectivity index (χ1) is 10.5. The van der Waals surface area contributed by atoms with Gasteiger partial charge < -0.3 is 10.1 Å². The smallest absolute Gasteiger partial charge is 0.227 e. The summed E-state index contributed by atoms with van der Waals surface area (Å²) in [7, 11) is 0. The molecule has 4 heteroatoms. The van der Waals surface area contributed by atoms with Gasteiger partial charge in [-0.15, -0.1) is 0 Å². The van der Waals surface area contributed by atoms with Crippen molar-refractivity contribution < 1.29 is 14.3 Å². The number of nitrogens with one attached hydrogen (secondary N) is 1. The average Bonchev–Trinajstić information content (AvgIpc) is 2.50. The van der Waals surface area contributed by atoms with Gasteiger partial charge in [0.25, 0.3) is 0 Å². The third kappa shape index (κ3) is 4.74. The van der Waals surface area contributed by atoms with Crippen molar-refractivity contribution in [1.82, 2.24) is 0 Å². The Kier molecular flexibility index (Phi) is 5.31. The molecule has 2 aromatic carbocycles. The van der Waals surface area contributed by atoms with Gasteiger partial charge in [0, 0.05) is 11.3 Å². The zero-order chi connectivity index (χ0) is 15.9. The van der Waals surface area contributed by atoms with Crippen LogP contribution in [0.3, 0.4) is 0 Å². The van der Waals surface area contributed by atoms with Crippen LogP contribution in [0.2, 0.25) is 0 Å². The van der Waals surface area contributed by atoms with Crippen LogP contribution < -0.4 is 10.1 Å². The van der Waals surface area contributed by atoms with E-state index in [2.05, 4.69) is 5.32 Å². The van der Waals surface area contributed by atoms with Crippen molar-refractivity contribution in [1.29, 1.82) is 0 Å². The topological polar surface area (TPSA) is 55.4 Å². The number of hydrogen-bond acceptors (Lipinski definition) is 3. The van der Waals surface area contributed by atoms with E-state index in [9.17, 15) is 9.59 Å². The maximum Gasteiger partial charge on any atom is 0.227 e. The molecule has 0 aliphatic carbocycles. The van der Waals surface area contributed by atoms with Crippen molar-refractivity contribution in [3.8, 4) is 5.75 Å². The van der Waals surface area contributed by atoms with Crippen molar-refractivity contribution in [3.05, 3.63) is 59.7 Å². The van der Waals surface area contributed by atoms with Gasteiger partial charge in [-0.25, -0.2) is 0 Å². The molecule has 0 radical (unpaired) electrons. The van der Waals surface area contributed by atoms with Gasteiger partial charge in [-0.2, -0.15) is 0 Å². The fraction of sp³-hybridized carbons (Fsp3) is 0.222. The molecule has 0 aliphatic heterocycles. The zero-order valence-electron chi connectivity index (χ0n) is 12.8. The first-order valence-electron chi connectivity index (χ1n) is 7.15. The van der Waals surface area contributed by atoms with E-state index in [0.717, 1.165) is 5.75 Å². The summed E-state index contributed by atoms with van der Waals surface area (Å²) in [4.78, 5) is 23.0. The van der Waals surface area contributed by atoms with Crippen molar-refractivity contribution >= 4 is 17.4 Å². The molecule has 4 nitrogen and oxygen atoms in total. The zero-order valence-corrected chi connectivity index (χ0v) is 12.8. The number of aryl methyl sites for hydroxylation is 1. The summed E-state index contributed by atoms with van der Waals surface area (Å²) in [5.41, 5.74) is 2.46. The Morgan fingerprint density at radius 1 is 1.00 bits per heavy atom. The maximum absolute atomic E-state index is 11.8. The van der Waals surface area contributed by atoms with E-state index in [1.807, 2.05) is 31.2 Å². The largest absolute Gasteiger partial charge is 0.493 e. The summed E-state index contributed by atoms with van der Waals surface area (Å²) in [5, 5.41) is 2.77. The van der Waals surface area contributed by atoms with Crippen molar-refractivity contribution in [2.75, 3.05) is 11.9 Å². The molecule has 0 spiro atoms. The number of amides is 1. The van der Waals surface area contributed by atoms with E-state index in [1.54, 1.807) is 24.3 Å². The normalized spacial score (nSPS) is 10.1. The van der Waals surface area contributed by atoms with Crippen LogP contribution in [0.25, 0.3) is 0 Å². The predicted molar refractivity (Wildman–Crippen MR) is 86.4 cm³/mol. The first-order valence-corrected chi connectivity index (χ1v) is 7.15. The number of ether oxygens (including phenoxy) is 1. The molecule has 0 saturated heterocycles. The molecule has 0 aromatic heterocycles. The predicted octanol–water partition coefficient (Wildman–Crippen LogP) is 3.61. The van der Waals surface area contributed by atoms with Crippen LogP contribution in [-0.4, -0.2) is 18.3 Å². The van der Waals surface area contributed by atoms with E-state index in [1.165, 1.54) is 12.5 Å². The minimum atomic E-state index is -0.123.